The molecule has 2 aliphatic heterocycles. The number of phenolic OH excluding ortho intramolecular Hbond substituents is 2. The van der Waals surface area contributed by atoms with E-state index in [1.165, 1.54) is 6.08 Å². The van der Waals surface area contributed by atoms with E-state index >= 15 is 0 Å². The van der Waals surface area contributed by atoms with Crippen LogP contribution in [-0.2, 0) is 20.7 Å². The summed E-state index contributed by atoms with van der Waals surface area (Å²) in [7, 11) is 0. The molecule has 0 amide bonds. The van der Waals surface area contributed by atoms with E-state index in [-0.39, 0.29) is 40.6 Å². The topological polar surface area (TPSA) is 96.4 Å². The van der Waals surface area contributed by atoms with Crippen LogP contribution in [0.2, 0.25) is 5.02 Å². The quantitative estimate of drug-likeness (QED) is 0.520. The Hall–Kier alpha value is -2.83. The van der Waals surface area contributed by atoms with Crippen LogP contribution in [0.4, 0.5) is 0 Å². The number of epoxide rings is 1. The number of cyclic esters (lactones) is 1. The molecule has 2 heterocycles. The molecule has 2 aliphatic rings. The first kappa shape index (κ1) is 20.4. The number of esters is 1. The van der Waals surface area contributed by atoms with Gasteiger partial charge in [-0.1, -0.05) is 48.0 Å². The van der Waals surface area contributed by atoms with E-state index in [9.17, 15) is 19.8 Å². The summed E-state index contributed by atoms with van der Waals surface area (Å²) in [5.74, 6) is -2.02. The van der Waals surface area contributed by atoms with Crippen molar-refractivity contribution in [2.75, 3.05) is 0 Å². The Labute approximate surface area is 178 Å². The summed E-state index contributed by atoms with van der Waals surface area (Å²) in [5.41, 5.74) is 0.623. The Morgan fingerprint density at radius 1 is 1.03 bits per heavy atom. The molecule has 156 valence electrons. The minimum atomic E-state index is -0.815. The van der Waals surface area contributed by atoms with Gasteiger partial charge in [-0.15, -0.1) is 0 Å². The summed E-state index contributed by atoms with van der Waals surface area (Å²) in [6.07, 6.45) is 4.26. The number of allylic oxidation sites excluding steroid dienone is 2. The smallest absolute Gasteiger partial charge is 0.342 e. The highest BCUT2D eigenvalue weighted by Crippen LogP contribution is 2.40. The lowest BCUT2D eigenvalue weighted by atomic mass is 9.98. The molecular weight excluding hydrogens is 408 g/mol. The van der Waals surface area contributed by atoms with Gasteiger partial charge in [-0.25, -0.2) is 4.79 Å². The third-order valence-corrected chi connectivity index (χ3v) is 5.77. The zero-order valence-electron chi connectivity index (χ0n) is 16.1. The molecule has 4 rings (SSSR count). The highest BCUT2D eigenvalue weighted by molar-refractivity contribution is 6.33. The molecule has 0 spiro atoms. The van der Waals surface area contributed by atoms with Crippen LogP contribution < -0.4 is 0 Å². The Balaban J connectivity index is 1.75. The van der Waals surface area contributed by atoms with Crippen molar-refractivity contribution in [2.45, 2.75) is 44.0 Å². The predicted molar refractivity (Wildman–Crippen MR) is 110 cm³/mol. The van der Waals surface area contributed by atoms with Crippen molar-refractivity contribution in [3.63, 3.8) is 0 Å². The van der Waals surface area contributed by atoms with Crippen LogP contribution in [0, 0.1) is 0 Å². The van der Waals surface area contributed by atoms with Crippen molar-refractivity contribution in [2.24, 2.45) is 0 Å². The summed E-state index contributed by atoms with van der Waals surface area (Å²) >= 11 is 6.18. The van der Waals surface area contributed by atoms with Crippen LogP contribution in [0.5, 0.6) is 11.5 Å². The molecule has 3 atom stereocenters. The van der Waals surface area contributed by atoms with Gasteiger partial charge in [0.15, 0.2) is 5.78 Å². The lowest BCUT2D eigenvalue weighted by molar-refractivity contribution is -0.114. The van der Waals surface area contributed by atoms with E-state index in [0.29, 0.717) is 12.8 Å². The highest BCUT2D eigenvalue weighted by atomic mass is 35.5. The van der Waals surface area contributed by atoms with Crippen molar-refractivity contribution in [1.82, 2.24) is 0 Å². The first-order chi connectivity index (χ1) is 14.4. The standard InChI is InChI=1S/C23H21ClO6/c24-22-15-10-14(25)8-4-5-9-18-20(29-18)12-19(13-6-2-1-3-7-13)30-23(28)21(15)16(26)11-17(22)27/h1-4,6-8,11,18-20,26-27H,5,9-10,12H2/b8-4+/t18?,19-,20?/m1/s1. The number of ether oxygens (including phenoxy) is 2. The van der Waals surface area contributed by atoms with Gasteiger partial charge in [0.2, 0.25) is 0 Å². The monoisotopic (exact) mass is 428 g/mol. The Morgan fingerprint density at radius 2 is 1.80 bits per heavy atom. The molecule has 2 N–H and O–H groups in total. The van der Waals surface area contributed by atoms with E-state index in [2.05, 4.69) is 0 Å². The third kappa shape index (κ3) is 4.35. The Morgan fingerprint density at radius 3 is 2.57 bits per heavy atom. The van der Waals surface area contributed by atoms with E-state index in [1.807, 2.05) is 30.3 Å². The average molecular weight is 429 g/mol. The molecule has 2 aromatic rings. The first-order valence-electron chi connectivity index (χ1n) is 9.78. The fraction of sp³-hybridized carbons (Fsp3) is 0.304. The molecule has 2 aromatic carbocycles. The van der Waals surface area contributed by atoms with Crippen LogP contribution >= 0.6 is 11.6 Å². The van der Waals surface area contributed by atoms with Crippen molar-refractivity contribution >= 4 is 23.4 Å². The van der Waals surface area contributed by atoms with Crippen molar-refractivity contribution < 1.29 is 29.3 Å². The molecule has 6 nitrogen and oxygen atoms in total. The number of ketones is 1. The zero-order chi connectivity index (χ0) is 21.3. The number of fused-ring (bicyclic) bond motifs is 2. The number of benzene rings is 2. The van der Waals surface area contributed by atoms with E-state index < -0.39 is 23.6 Å². The normalized spacial score (nSPS) is 25.4. The molecule has 30 heavy (non-hydrogen) atoms. The van der Waals surface area contributed by atoms with Crippen LogP contribution in [0.3, 0.4) is 0 Å². The second-order valence-corrected chi connectivity index (χ2v) is 7.84. The predicted octanol–water partition coefficient (Wildman–Crippen LogP) is 4.27. The zero-order valence-corrected chi connectivity index (χ0v) is 16.8. The summed E-state index contributed by atoms with van der Waals surface area (Å²) < 4.78 is 11.5. The van der Waals surface area contributed by atoms with Crippen LogP contribution in [0.25, 0.3) is 0 Å². The maximum absolute atomic E-state index is 13.1. The molecule has 1 saturated heterocycles. The van der Waals surface area contributed by atoms with Crippen LogP contribution in [0.15, 0.2) is 48.6 Å². The van der Waals surface area contributed by atoms with Crippen molar-refractivity contribution in [3.05, 3.63) is 70.3 Å². The second kappa shape index (κ2) is 8.50. The molecule has 0 radical (unpaired) electrons. The van der Waals surface area contributed by atoms with Gasteiger partial charge in [-0.05, 0) is 24.5 Å². The van der Waals surface area contributed by atoms with Gasteiger partial charge >= 0.3 is 5.97 Å². The fourth-order valence-electron chi connectivity index (χ4n) is 3.75. The van der Waals surface area contributed by atoms with Crippen molar-refractivity contribution in [3.8, 4) is 11.5 Å². The van der Waals surface area contributed by atoms with Crippen LogP contribution in [0.1, 0.15) is 46.9 Å². The average Bonchev–Trinajstić information content (AvgIpc) is 3.46. The minimum Gasteiger partial charge on any atom is -0.507 e. The van der Waals surface area contributed by atoms with Gasteiger partial charge in [0.05, 0.1) is 17.2 Å². The number of carbonyl (C=O) groups is 2. The van der Waals surface area contributed by atoms with E-state index in [0.717, 1.165) is 18.1 Å². The number of phenols is 2. The number of halogens is 1. The summed E-state index contributed by atoms with van der Waals surface area (Å²) in [5, 5.41) is 20.2. The summed E-state index contributed by atoms with van der Waals surface area (Å²) in [4.78, 5) is 25.5. The third-order valence-electron chi connectivity index (χ3n) is 5.35. The van der Waals surface area contributed by atoms with Gasteiger partial charge in [0.25, 0.3) is 0 Å². The highest BCUT2D eigenvalue weighted by Gasteiger charge is 2.41. The number of hydrogen-bond acceptors (Lipinski definition) is 6. The molecular formula is C23H21ClO6. The number of carbonyl (C=O) groups excluding carboxylic acids is 2. The van der Waals surface area contributed by atoms with Crippen molar-refractivity contribution in [1.29, 1.82) is 0 Å². The number of rotatable bonds is 1. The Kier molecular flexibility index (Phi) is 5.79. The molecule has 2 unspecified atom stereocenters. The molecule has 0 aromatic heterocycles. The SMILES string of the molecule is O=C1/C=C/CCC2OC2C[C@H](c2ccccc2)OC(=O)c2c(O)cc(O)c(Cl)c2C1. The maximum Gasteiger partial charge on any atom is 0.342 e. The van der Waals surface area contributed by atoms with Gasteiger partial charge in [0, 0.05) is 24.5 Å². The molecule has 0 aliphatic carbocycles. The largest absolute Gasteiger partial charge is 0.507 e. The maximum atomic E-state index is 13.1. The number of hydrogen-bond donors (Lipinski definition) is 2. The van der Waals surface area contributed by atoms with Gasteiger partial charge in [-0.2, -0.15) is 0 Å². The molecule has 7 heteroatoms. The van der Waals surface area contributed by atoms with Gasteiger partial charge in [0.1, 0.15) is 23.2 Å². The van der Waals surface area contributed by atoms with Crippen LogP contribution in [-0.4, -0.2) is 34.2 Å². The number of aromatic hydroxyl groups is 2. The van der Waals surface area contributed by atoms with E-state index in [1.54, 1.807) is 6.08 Å². The lowest BCUT2D eigenvalue weighted by Gasteiger charge is -2.20. The molecule has 0 saturated carbocycles. The lowest BCUT2D eigenvalue weighted by Crippen LogP contribution is -2.17. The van der Waals surface area contributed by atoms with E-state index in [4.69, 9.17) is 21.1 Å². The van der Waals surface area contributed by atoms with Gasteiger partial charge < -0.3 is 19.7 Å². The fourth-order valence-corrected chi connectivity index (χ4v) is 3.96. The first-order valence-corrected chi connectivity index (χ1v) is 10.2. The molecule has 0 bridgehead atoms. The summed E-state index contributed by atoms with van der Waals surface area (Å²) in [6.45, 7) is 0. The second-order valence-electron chi connectivity index (χ2n) is 7.46. The summed E-state index contributed by atoms with van der Waals surface area (Å²) in [6, 6.07) is 10.3. The Bertz CT molecular complexity index is 1000. The van der Waals surface area contributed by atoms with Gasteiger partial charge in [-0.3, -0.25) is 4.79 Å². The minimum absolute atomic E-state index is 0.0400. The molecule has 1 fully saturated rings.